The number of hydrogen-bond acceptors (Lipinski definition) is 10. The second-order valence-electron chi connectivity index (χ2n) is 10.0. The fourth-order valence-electron chi connectivity index (χ4n) is 4.83. The Kier molecular flexibility index (Phi) is 11.1. The van der Waals surface area contributed by atoms with Gasteiger partial charge in [0.15, 0.2) is 5.82 Å². The third kappa shape index (κ3) is 8.07. The molecule has 1 saturated heterocycles. The molecule has 2 aromatic heterocycles. The Balaban J connectivity index is 1.59. The molecule has 40 heavy (non-hydrogen) atoms. The van der Waals surface area contributed by atoms with Crippen LogP contribution in [0.3, 0.4) is 0 Å². The summed E-state index contributed by atoms with van der Waals surface area (Å²) in [5.41, 5.74) is 13.4. The number of carbonyl (C=O) groups excluding carboxylic acids is 2. The molecule has 0 aromatic carbocycles. The first-order valence-electron chi connectivity index (χ1n) is 13.9. The number of nitrogen functional groups attached to an aromatic ring is 2. The predicted octanol–water partition coefficient (Wildman–Crippen LogP) is 1.73. The van der Waals surface area contributed by atoms with Crippen molar-refractivity contribution in [2.75, 3.05) is 62.7 Å². The summed E-state index contributed by atoms with van der Waals surface area (Å²) in [6.07, 6.45) is 3.21. The van der Waals surface area contributed by atoms with Crippen molar-refractivity contribution in [2.24, 2.45) is 0 Å². The summed E-state index contributed by atoms with van der Waals surface area (Å²) in [6.45, 7) is 9.85. The molecule has 2 amide bonds. The third-order valence-electron chi connectivity index (χ3n) is 7.18. The maximum Gasteiger partial charge on any atom is 0.407 e. The molecule has 0 saturated carbocycles. The molecule has 0 unspecified atom stereocenters. The summed E-state index contributed by atoms with van der Waals surface area (Å²) in [5.74, 6) is 0.977. The number of H-pyrrole nitrogens is 1. The molecule has 0 aliphatic carbocycles. The van der Waals surface area contributed by atoms with Crippen LogP contribution >= 0.6 is 0 Å². The highest BCUT2D eigenvalue weighted by Gasteiger charge is 2.27. The lowest BCUT2D eigenvalue weighted by atomic mass is 10.0. The lowest BCUT2D eigenvalue weighted by Crippen LogP contribution is -2.47. The van der Waals surface area contributed by atoms with Crippen LogP contribution in [0.2, 0.25) is 0 Å². The van der Waals surface area contributed by atoms with Gasteiger partial charge in [0.05, 0.1) is 24.4 Å². The summed E-state index contributed by atoms with van der Waals surface area (Å²) in [6, 6.07) is 3.14. The number of nitrogens with two attached hydrogens (primary N) is 2. The van der Waals surface area contributed by atoms with E-state index >= 15 is 0 Å². The summed E-state index contributed by atoms with van der Waals surface area (Å²) in [4.78, 5) is 54.1. The number of unbranched alkanes of at least 4 members (excludes halogenated alkanes) is 1. The number of aromatic nitrogens is 3. The van der Waals surface area contributed by atoms with Gasteiger partial charge in [-0.15, -0.1) is 0 Å². The second-order valence-corrected chi connectivity index (χ2v) is 10.0. The van der Waals surface area contributed by atoms with Crippen LogP contribution in [0.5, 0.6) is 0 Å². The van der Waals surface area contributed by atoms with Gasteiger partial charge in [0.1, 0.15) is 17.3 Å². The molecule has 1 aliphatic rings. The van der Waals surface area contributed by atoms with Gasteiger partial charge < -0.3 is 41.2 Å². The Labute approximate surface area is 235 Å². The van der Waals surface area contributed by atoms with Crippen LogP contribution in [0.4, 0.5) is 22.2 Å². The Morgan fingerprint density at radius 2 is 1.88 bits per heavy atom. The van der Waals surface area contributed by atoms with Gasteiger partial charge in [-0.05, 0) is 46.2 Å². The van der Waals surface area contributed by atoms with Crippen LogP contribution in [-0.4, -0.2) is 89.2 Å². The summed E-state index contributed by atoms with van der Waals surface area (Å²) < 4.78 is 4.90. The highest BCUT2D eigenvalue weighted by atomic mass is 16.5. The number of piperidine rings is 1. The molecular formula is C27H43N9O4. The average molecular weight is 558 g/mol. The Bertz CT molecular complexity index is 1210. The predicted molar refractivity (Wildman–Crippen MR) is 155 cm³/mol. The van der Waals surface area contributed by atoms with Crippen molar-refractivity contribution in [1.82, 2.24) is 30.1 Å². The maximum absolute atomic E-state index is 12.9. The van der Waals surface area contributed by atoms with Crippen molar-refractivity contribution in [2.45, 2.75) is 59.0 Å². The lowest BCUT2D eigenvalue weighted by Gasteiger charge is -2.38. The van der Waals surface area contributed by atoms with Crippen molar-refractivity contribution in [3.8, 4) is 0 Å². The van der Waals surface area contributed by atoms with Crippen LogP contribution in [0, 0.1) is 6.92 Å². The number of nitrogens with one attached hydrogen (secondary N) is 2. The number of carbonyl (C=O) groups is 2. The number of pyridine rings is 1. The van der Waals surface area contributed by atoms with Gasteiger partial charge in [0.25, 0.3) is 5.91 Å². The molecule has 0 radical (unpaired) electrons. The number of likely N-dealkylation sites (N-methyl/N-ethyl adjacent to an activating group) is 1. The fourth-order valence-corrected chi connectivity index (χ4v) is 4.83. The number of nitrogens with zero attached hydrogens (tertiary/aromatic N) is 5. The molecule has 3 heterocycles. The van der Waals surface area contributed by atoms with Crippen LogP contribution in [0.25, 0.3) is 0 Å². The van der Waals surface area contributed by atoms with E-state index in [4.69, 9.17) is 16.2 Å². The number of hydrogen-bond donors (Lipinski definition) is 4. The standard InChI is InChI=1S/C27H43N9O4/c1-5-7-12-35(25-18(3)31-21(24(29)33-25)17-30-27(39)40-6-2)16-15-34(4)19-10-13-36(14-11-19)26(38)20-8-9-22(37)32-23(20)28/h8-9,19H,5-7,10-17H2,1-4H3,(H2,29,33)(H,30,39)(H3,28,32,37). The Hall–Kier alpha value is -3.87. The Morgan fingerprint density at radius 1 is 1.15 bits per heavy atom. The van der Waals surface area contributed by atoms with Crippen LogP contribution in [0.1, 0.15) is 61.3 Å². The minimum Gasteiger partial charge on any atom is -0.450 e. The van der Waals surface area contributed by atoms with E-state index in [0.29, 0.717) is 30.4 Å². The molecule has 6 N–H and O–H groups in total. The zero-order chi connectivity index (χ0) is 29.2. The quantitative estimate of drug-likeness (QED) is 0.301. The highest BCUT2D eigenvalue weighted by Crippen LogP contribution is 2.22. The second kappa shape index (κ2) is 14.5. The van der Waals surface area contributed by atoms with E-state index in [1.165, 1.54) is 12.1 Å². The SMILES string of the molecule is CCCCN(CCN(C)C1CCN(C(=O)c2ccc(=O)[nH]c2N)CC1)c1nc(N)c(CNC(=O)OCC)nc1C. The molecule has 1 aliphatic heterocycles. The maximum atomic E-state index is 12.9. The number of aromatic amines is 1. The number of anilines is 3. The molecular weight excluding hydrogens is 514 g/mol. The summed E-state index contributed by atoms with van der Waals surface area (Å²) in [5, 5.41) is 2.64. The number of ether oxygens (including phenoxy) is 1. The first-order chi connectivity index (χ1) is 19.1. The van der Waals surface area contributed by atoms with Gasteiger partial charge in [-0.2, -0.15) is 0 Å². The third-order valence-corrected chi connectivity index (χ3v) is 7.18. The van der Waals surface area contributed by atoms with Gasteiger partial charge in [0, 0.05) is 44.8 Å². The zero-order valence-electron chi connectivity index (χ0n) is 24.0. The van der Waals surface area contributed by atoms with Crippen molar-refractivity contribution < 1.29 is 14.3 Å². The molecule has 3 rings (SSSR count). The van der Waals surface area contributed by atoms with Gasteiger partial charge in [0.2, 0.25) is 5.56 Å². The number of aryl methyl sites for hydroxylation is 1. The Morgan fingerprint density at radius 3 is 2.52 bits per heavy atom. The van der Waals surface area contributed by atoms with Crippen LogP contribution in [0.15, 0.2) is 16.9 Å². The molecule has 220 valence electrons. The van der Waals surface area contributed by atoms with Gasteiger partial charge in [-0.1, -0.05) is 13.3 Å². The molecule has 0 atom stereocenters. The van der Waals surface area contributed by atoms with Gasteiger partial charge in [-0.3, -0.25) is 9.59 Å². The fraction of sp³-hybridized carbons (Fsp3) is 0.593. The van der Waals surface area contributed by atoms with Crippen molar-refractivity contribution in [1.29, 1.82) is 0 Å². The zero-order valence-corrected chi connectivity index (χ0v) is 24.0. The minimum atomic E-state index is -0.520. The average Bonchev–Trinajstić information content (AvgIpc) is 2.93. The molecule has 13 nitrogen and oxygen atoms in total. The number of rotatable bonds is 12. The van der Waals surface area contributed by atoms with E-state index in [2.05, 4.69) is 44.0 Å². The van der Waals surface area contributed by atoms with Crippen LogP contribution < -0.4 is 27.2 Å². The molecule has 1 fully saturated rings. The van der Waals surface area contributed by atoms with Crippen molar-refractivity contribution in [3.05, 3.63) is 39.4 Å². The number of alkyl carbamates (subject to hydrolysis) is 1. The normalized spacial score (nSPS) is 13.9. The molecule has 13 heteroatoms. The van der Waals surface area contributed by atoms with E-state index in [1.54, 1.807) is 11.8 Å². The summed E-state index contributed by atoms with van der Waals surface area (Å²) in [7, 11) is 2.11. The van der Waals surface area contributed by atoms with Gasteiger partial charge >= 0.3 is 6.09 Å². The highest BCUT2D eigenvalue weighted by molar-refractivity contribution is 5.98. The van der Waals surface area contributed by atoms with Gasteiger partial charge in [-0.25, -0.2) is 14.8 Å². The smallest absolute Gasteiger partial charge is 0.407 e. The van der Waals surface area contributed by atoms with Crippen LogP contribution in [-0.2, 0) is 11.3 Å². The molecule has 0 spiro atoms. The molecule has 0 bridgehead atoms. The number of likely N-dealkylation sites (tertiary alicyclic amines) is 1. The minimum absolute atomic E-state index is 0.103. The van der Waals surface area contributed by atoms with Crippen molar-refractivity contribution >= 4 is 29.5 Å². The molecule has 2 aromatic rings. The van der Waals surface area contributed by atoms with Crippen molar-refractivity contribution in [3.63, 3.8) is 0 Å². The topological polar surface area (TPSA) is 176 Å². The van der Waals surface area contributed by atoms with E-state index in [0.717, 1.165) is 56.8 Å². The first-order valence-corrected chi connectivity index (χ1v) is 13.9. The van der Waals surface area contributed by atoms with E-state index < -0.39 is 6.09 Å². The monoisotopic (exact) mass is 557 g/mol. The lowest BCUT2D eigenvalue weighted by molar-refractivity contribution is 0.0648. The van der Waals surface area contributed by atoms with E-state index in [-0.39, 0.29) is 36.3 Å². The van der Waals surface area contributed by atoms with E-state index in [1.807, 2.05) is 6.92 Å². The first kappa shape index (κ1) is 30.7. The largest absolute Gasteiger partial charge is 0.450 e. The van der Waals surface area contributed by atoms with E-state index in [9.17, 15) is 14.4 Å². The number of amides is 2. The summed E-state index contributed by atoms with van der Waals surface area (Å²) >= 11 is 0.